The van der Waals surface area contributed by atoms with E-state index >= 15 is 0 Å². The number of anilines is 1. The van der Waals surface area contributed by atoms with Gasteiger partial charge >= 0.3 is 0 Å². The molecule has 1 atom stereocenters. The highest BCUT2D eigenvalue weighted by molar-refractivity contribution is 7.99. The van der Waals surface area contributed by atoms with Crippen LogP contribution in [0.3, 0.4) is 0 Å². The van der Waals surface area contributed by atoms with Gasteiger partial charge in [0.1, 0.15) is 0 Å². The van der Waals surface area contributed by atoms with Crippen molar-refractivity contribution in [2.24, 2.45) is 0 Å². The zero-order valence-electron chi connectivity index (χ0n) is 10.5. The Morgan fingerprint density at radius 3 is 2.78 bits per heavy atom. The molecule has 1 N–H and O–H groups in total. The fraction of sp³-hybridized carbons (Fsp3) is 0.250. The molecule has 92 valence electrons. The third-order valence-corrected chi connectivity index (χ3v) is 4.61. The minimum Gasteiger partial charge on any atom is -0.377 e. The predicted octanol–water partition coefficient (Wildman–Crippen LogP) is 4.51. The first-order chi connectivity index (χ1) is 8.88. The third kappa shape index (κ3) is 2.13. The van der Waals surface area contributed by atoms with Gasteiger partial charge in [0.15, 0.2) is 0 Å². The second-order valence-electron chi connectivity index (χ2n) is 4.56. The van der Waals surface area contributed by atoms with Gasteiger partial charge in [-0.05, 0) is 29.7 Å². The van der Waals surface area contributed by atoms with E-state index in [0.717, 1.165) is 12.2 Å². The summed E-state index contributed by atoms with van der Waals surface area (Å²) in [6.07, 6.45) is 1.07. The van der Waals surface area contributed by atoms with Crippen molar-refractivity contribution in [1.82, 2.24) is 0 Å². The van der Waals surface area contributed by atoms with Crippen LogP contribution < -0.4 is 5.32 Å². The lowest BCUT2D eigenvalue weighted by Crippen LogP contribution is -2.11. The van der Waals surface area contributed by atoms with Crippen molar-refractivity contribution in [3.8, 4) is 0 Å². The number of nitrogens with one attached hydrogen (secondary N) is 1. The Hall–Kier alpha value is -1.41. The van der Waals surface area contributed by atoms with E-state index in [2.05, 4.69) is 60.8 Å². The predicted molar refractivity (Wildman–Crippen MR) is 79.3 cm³/mol. The normalized spacial score (nSPS) is 17.5. The molecule has 1 heterocycles. The maximum atomic E-state index is 3.70. The topological polar surface area (TPSA) is 12.0 Å². The molecule has 3 rings (SSSR count). The molecule has 0 saturated heterocycles. The maximum absolute atomic E-state index is 3.70. The van der Waals surface area contributed by atoms with Crippen molar-refractivity contribution in [1.29, 1.82) is 0 Å². The van der Waals surface area contributed by atoms with Crippen LogP contribution >= 0.6 is 11.8 Å². The van der Waals surface area contributed by atoms with Crippen LogP contribution in [0.4, 0.5) is 5.69 Å². The molecule has 2 aromatic carbocycles. The fourth-order valence-electron chi connectivity index (χ4n) is 2.44. The molecule has 1 unspecified atom stereocenters. The van der Waals surface area contributed by atoms with Crippen molar-refractivity contribution < 1.29 is 0 Å². The number of hydrogen-bond donors (Lipinski definition) is 1. The molecular formula is C16H17NS. The standard InChI is InChI=1S/C16H17NS/c1-2-12-7-3-5-9-14(12)17-15-11-18-16-10-6-4-8-13(15)16/h3-10,15,17H,2,11H2,1H3. The first-order valence-corrected chi connectivity index (χ1v) is 7.43. The quantitative estimate of drug-likeness (QED) is 0.866. The lowest BCUT2D eigenvalue weighted by molar-refractivity contribution is 0.894. The van der Waals surface area contributed by atoms with Crippen LogP contribution in [-0.4, -0.2) is 5.75 Å². The monoisotopic (exact) mass is 255 g/mol. The number of aryl methyl sites for hydroxylation is 1. The van der Waals surface area contributed by atoms with Crippen molar-refractivity contribution in [2.75, 3.05) is 11.1 Å². The fourth-order valence-corrected chi connectivity index (χ4v) is 3.60. The molecule has 1 aliphatic heterocycles. The molecule has 2 heteroatoms. The van der Waals surface area contributed by atoms with E-state index in [4.69, 9.17) is 0 Å². The zero-order chi connectivity index (χ0) is 12.4. The van der Waals surface area contributed by atoms with E-state index in [0.29, 0.717) is 6.04 Å². The number of para-hydroxylation sites is 1. The van der Waals surface area contributed by atoms with E-state index in [-0.39, 0.29) is 0 Å². The van der Waals surface area contributed by atoms with Crippen LogP contribution in [0.5, 0.6) is 0 Å². The summed E-state index contributed by atoms with van der Waals surface area (Å²) in [6.45, 7) is 2.21. The number of hydrogen-bond acceptors (Lipinski definition) is 2. The molecule has 0 amide bonds. The molecule has 2 aromatic rings. The van der Waals surface area contributed by atoms with Crippen LogP contribution in [0.25, 0.3) is 0 Å². The van der Waals surface area contributed by atoms with Crippen LogP contribution in [0.15, 0.2) is 53.4 Å². The average molecular weight is 255 g/mol. The number of thioether (sulfide) groups is 1. The lowest BCUT2D eigenvalue weighted by Gasteiger charge is -2.17. The highest BCUT2D eigenvalue weighted by Crippen LogP contribution is 2.39. The largest absolute Gasteiger partial charge is 0.377 e. The number of benzene rings is 2. The van der Waals surface area contributed by atoms with Crippen molar-refractivity contribution in [3.63, 3.8) is 0 Å². The molecule has 1 aliphatic rings. The van der Waals surface area contributed by atoms with E-state index in [1.165, 1.54) is 21.7 Å². The lowest BCUT2D eigenvalue weighted by atomic mass is 10.1. The van der Waals surface area contributed by atoms with Gasteiger partial charge in [-0.15, -0.1) is 11.8 Å². The first kappa shape index (κ1) is 11.7. The number of rotatable bonds is 3. The molecule has 0 saturated carbocycles. The Morgan fingerprint density at radius 1 is 1.11 bits per heavy atom. The van der Waals surface area contributed by atoms with Crippen LogP contribution in [0.1, 0.15) is 24.1 Å². The summed E-state index contributed by atoms with van der Waals surface area (Å²) in [5.74, 6) is 1.12. The second kappa shape index (κ2) is 5.07. The van der Waals surface area contributed by atoms with Gasteiger partial charge < -0.3 is 5.32 Å². The summed E-state index contributed by atoms with van der Waals surface area (Å²) >= 11 is 1.95. The third-order valence-electron chi connectivity index (χ3n) is 3.43. The van der Waals surface area contributed by atoms with Crippen molar-refractivity contribution in [3.05, 3.63) is 59.7 Å². The zero-order valence-corrected chi connectivity index (χ0v) is 11.3. The van der Waals surface area contributed by atoms with Gasteiger partial charge in [-0.25, -0.2) is 0 Å². The van der Waals surface area contributed by atoms with Gasteiger partial charge in [-0.3, -0.25) is 0 Å². The highest BCUT2D eigenvalue weighted by Gasteiger charge is 2.22. The molecule has 1 nitrogen and oxygen atoms in total. The van der Waals surface area contributed by atoms with Crippen LogP contribution in [-0.2, 0) is 6.42 Å². The summed E-state index contributed by atoms with van der Waals surface area (Å²) in [5, 5.41) is 3.70. The van der Waals surface area contributed by atoms with E-state index < -0.39 is 0 Å². The summed E-state index contributed by atoms with van der Waals surface area (Å²) in [7, 11) is 0. The minimum atomic E-state index is 0.443. The van der Waals surface area contributed by atoms with E-state index in [1.807, 2.05) is 11.8 Å². The minimum absolute atomic E-state index is 0.443. The summed E-state index contributed by atoms with van der Waals surface area (Å²) in [6, 6.07) is 17.8. The van der Waals surface area contributed by atoms with Gasteiger partial charge in [-0.2, -0.15) is 0 Å². The SMILES string of the molecule is CCc1ccccc1NC1CSc2ccccc21. The molecule has 0 spiro atoms. The molecule has 0 aliphatic carbocycles. The Balaban J connectivity index is 1.86. The van der Waals surface area contributed by atoms with Crippen molar-refractivity contribution in [2.45, 2.75) is 24.3 Å². The first-order valence-electron chi connectivity index (χ1n) is 6.44. The smallest absolute Gasteiger partial charge is 0.0618 e. The molecule has 18 heavy (non-hydrogen) atoms. The number of fused-ring (bicyclic) bond motifs is 1. The van der Waals surface area contributed by atoms with Crippen LogP contribution in [0.2, 0.25) is 0 Å². The van der Waals surface area contributed by atoms with Gasteiger partial charge in [0, 0.05) is 16.3 Å². The molecule has 0 radical (unpaired) electrons. The van der Waals surface area contributed by atoms with E-state index in [1.54, 1.807) is 0 Å². The second-order valence-corrected chi connectivity index (χ2v) is 5.62. The summed E-state index contributed by atoms with van der Waals surface area (Å²) < 4.78 is 0. The van der Waals surface area contributed by atoms with Gasteiger partial charge in [0.05, 0.1) is 6.04 Å². The Bertz CT molecular complexity index is 550. The Kier molecular flexibility index (Phi) is 3.28. The summed E-state index contributed by atoms with van der Waals surface area (Å²) in [5.41, 5.74) is 4.11. The van der Waals surface area contributed by atoms with Gasteiger partial charge in [0.2, 0.25) is 0 Å². The maximum Gasteiger partial charge on any atom is 0.0618 e. The molecule has 0 bridgehead atoms. The highest BCUT2D eigenvalue weighted by atomic mass is 32.2. The van der Waals surface area contributed by atoms with Crippen LogP contribution in [0, 0.1) is 0 Å². The van der Waals surface area contributed by atoms with E-state index in [9.17, 15) is 0 Å². The van der Waals surface area contributed by atoms with Crippen molar-refractivity contribution >= 4 is 17.4 Å². The van der Waals surface area contributed by atoms with Gasteiger partial charge in [0.25, 0.3) is 0 Å². The molecular weight excluding hydrogens is 238 g/mol. The average Bonchev–Trinajstić information content (AvgIpc) is 2.83. The molecule has 0 aromatic heterocycles. The Labute approximate surface area is 113 Å². The van der Waals surface area contributed by atoms with Gasteiger partial charge in [-0.1, -0.05) is 43.3 Å². The summed E-state index contributed by atoms with van der Waals surface area (Å²) in [4.78, 5) is 1.42. The molecule has 0 fully saturated rings. The Morgan fingerprint density at radius 2 is 1.89 bits per heavy atom.